The number of hydrogen-bond donors (Lipinski definition) is 2. The van der Waals surface area contributed by atoms with Gasteiger partial charge in [-0.3, -0.25) is 0 Å². The van der Waals surface area contributed by atoms with E-state index in [4.69, 9.17) is 11.0 Å². The number of nitrogen functional groups attached to an aromatic ring is 1. The van der Waals surface area contributed by atoms with Crippen LogP contribution in [-0.2, 0) is 0 Å². The number of anilines is 2. The van der Waals surface area contributed by atoms with Crippen molar-refractivity contribution >= 4 is 11.5 Å². The van der Waals surface area contributed by atoms with Gasteiger partial charge in [-0.15, -0.1) is 0 Å². The molecular formula is C13H18N4. The second-order valence-corrected chi connectivity index (χ2v) is 4.62. The van der Waals surface area contributed by atoms with Gasteiger partial charge in [-0.05, 0) is 24.8 Å². The van der Waals surface area contributed by atoms with Gasteiger partial charge in [0.1, 0.15) is 6.07 Å². The standard InChI is InChI=1S/C13H18N4/c14-8-11-6-7-16-13(12(11)15)17-9-10-4-2-1-3-5-10/h6-7,10H,1-5,9,15H2,(H,16,17). The van der Waals surface area contributed by atoms with E-state index in [0.717, 1.165) is 12.5 Å². The summed E-state index contributed by atoms with van der Waals surface area (Å²) in [4.78, 5) is 4.18. The molecule has 0 aliphatic heterocycles. The Morgan fingerprint density at radius 1 is 1.41 bits per heavy atom. The van der Waals surface area contributed by atoms with Gasteiger partial charge in [-0.25, -0.2) is 4.98 Å². The van der Waals surface area contributed by atoms with Gasteiger partial charge in [-0.1, -0.05) is 19.3 Å². The van der Waals surface area contributed by atoms with Crippen LogP contribution in [0.2, 0.25) is 0 Å². The lowest BCUT2D eigenvalue weighted by Crippen LogP contribution is -2.18. The van der Waals surface area contributed by atoms with Crippen LogP contribution in [0.25, 0.3) is 0 Å². The van der Waals surface area contributed by atoms with E-state index >= 15 is 0 Å². The summed E-state index contributed by atoms with van der Waals surface area (Å²) in [6.07, 6.45) is 8.20. The largest absolute Gasteiger partial charge is 0.395 e. The van der Waals surface area contributed by atoms with Crippen LogP contribution in [0, 0.1) is 17.2 Å². The number of nitrogens with one attached hydrogen (secondary N) is 1. The van der Waals surface area contributed by atoms with Gasteiger partial charge in [0.05, 0.1) is 11.3 Å². The molecule has 1 aliphatic carbocycles. The third kappa shape index (κ3) is 2.88. The molecule has 0 spiro atoms. The lowest BCUT2D eigenvalue weighted by Gasteiger charge is -2.22. The van der Waals surface area contributed by atoms with Gasteiger partial charge in [0.2, 0.25) is 0 Å². The Hall–Kier alpha value is -1.76. The van der Waals surface area contributed by atoms with E-state index in [1.165, 1.54) is 32.1 Å². The highest BCUT2D eigenvalue weighted by atomic mass is 15.0. The highest BCUT2D eigenvalue weighted by Crippen LogP contribution is 2.25. The number of aromatic nitrogens is 1. The Bertz CT molecular complexity index is 416. The van der Waals surface area contributed by atoms with E-state index in [0.29, 0.717) is 17.1 Å². The van der Waals surface area contributed by atoms with Gasteiger partial charge < -0.3 is 11.1 Å². The molecule has 1 aliphatic rings. The highest BCUT2D eigenvalue weighted by Gasteiger charge is 2.14. The lowest BCUT2D eigenvalue weighted by molar-refractivity contribution is 0.373. The fourth-order valence-corrected chi connectivity index (χ4v) is 2.34. The number of nitrogens with zero attached hydrogens (tertiary/aromatic N) is 2. The normalized spacial score (nSPS) is 16.4. The molecule has 0 aromatic carbocycles. The molecule has 4 heteroatoms. The fraction of sp³-hybridized carbons (Fsp3) is 0.538. The Kier molecular flexibility index (Phi) is 3.81. The van der Waals surface area contributed by atoms with Crippen LogP contribution in [0.3, 0.4) is 0 Å². The zero-order chi connectivity index (χ0) is 12.1. The molecule has 0 bridgehead atoms. The second kappa shape index (κ2) is 5.53. The van der Waals surface area contributed by atoms with Crippen LogP contribution in [-0.4, -0.2) is 11.5 Å². The minimum Gasteiger partial charge on any atom is -0.395 e. The molecule has 1 saturated carbocycles. The molecule has 0 atom stereocenters. The van der Waals surface area contributed by atoms with E-state index < -0.39 is 0 Å². The summed E-state index contributed by atoms with van der Waals surface area (Å²) in [5, 5.41) is 12.1. The Morgan fingerprint density at radius 3 is 2.88 bits per heavy atom. The summed E-state index contributed by atoms with van der Waals surface area (Å²) >= 11 is 0. The molecule has 1 fully saturated rings. The number of nitrogens with two attached hydrogens (primary N) is 1. The first-order valence-corrected chi connectivity index (χ1v) is 6.19. The van der Waals surface area contributed by atoms with Crippen molar-refractivity contribution in [2.75, 3.05) is 17.6 Å². The first-order chi connectivity index (χ1) is 8.31. The Balaban J connectivity index is 1.96. The van der Waals surface area contributed by atoms with Crippen molar-refractivity contribution in [1.82, 2.24) is 4.98 Å². The minimum atomic E-state index is 0.464. The average Bonchev–Trinajstić information content (AvgIpc) is 2.39. The molecule has 1 heterocycles. The summed E-state index contributed by atoms with van der Waals surface area (Å²) < 4.78 is 0. The van der Waals surface area contributed by atoms with Crippen molar-refractivity contribution in [3.8, 4) is 6.07 Å². The summed E-state index contributed by atoms with van der Waals surface area (Å²) in [7, 11) is 0. The number of pyridine rings is 1. The maximum atomic E-state index is 8.87. The van der Waals surface area contributed by atoms with Gasteiger partial charge in [0.15, 0.2) is 5.82 Å². The molecule has 17 heavy (non-hydrogen) atoms. The fourth-order valence-electron chi connectivity index (χ4n) is 2.34. The number of hydrogen-bond acceptors (Lipinski definition) is 4. The molecule has 1 aromatic rings. The zero-order valence-electron chi connectivity index (χ0n) is 9.95. The van der Waals surface area contributed by atoms with Crippen LogP contribution in [0.4, 0.5) is 11.5 Å². The van der Waals surface area contributed by atoms with Crippen LogP contribution < -0.4 is 11.1 Å². The van der Waals surface area contributed by atoms with Crippen molar-refractivity contribution in [3.05, 3.63) is 17.8 Å². The van der Waals surface area contributed by atoms with E-state index in [9.17, 15) is 0 Å². The molecule has 0 amide bonds. The van der Waals surface area contributed by atoms with Gasteiger partial charge in [0, 0.05) is 12.7 Å². The van der Waals surface area contributed by atoms with Crippen molar-refractivity contribution in [2.45, 2.75) is 32.1 Å². The predicted molar refractivity (Wildman–Crippen MR) is 68.4 cm³/mol. The van der Waals surface area contributed by atoms with Crippen molar-refractivity contribution in [1.29, 1.82) is 5.26 Å². The molecule has 90 valence electrons. The van der Waals surface area contributed by atoms with Gasteiger partial charge in [0.25, 0.3) is 0 Å². The first-order valence-electron chi connectivity index (χ1n) is 6.19. The first kappa shape index (κ1) is 11.7. The van der Waals surface area contributed by atoms with Gasteiger partial charge in [-0.2, -0.15) is 5.26 Å². The van der Waals surface area contributed by atoms with Crippen molar-refractivity contribution in [3.63, 3.8) is 0 Å². The molecule has 3 N–H and O–H groups in total. The molecule has 1 aromatic heterocycles. The van der Waals surface area contributed by atoms with Crippen LogP contribution >= 0.6 is 0 Å². The van der Waals surface area contributed by atoms with Crippen LogP contribution in [0.1, 0.15) is 37.7 Å². The summed E-state index contributed by atoms with van der Waals surface area (Å²) in [5.74, 6) is 1.37. The van der Waals surface area contributed by atoms with E-state index in [1.54, 1.807) is 12.3 Å². The maximum Gasteiger partial charge on any atom is 0.150 e. The maximum absolute atomic E-state index is 8.87. The molecule has 0 saturated heterocycles. The minimum absolute atomic E-state index is 0.464. The topological polar surface area (TPSA) is 74.7 Å². The van der Waals surface area contributed by atoms with Crippen LogP contribution in [0.5, 0.6) is 0 Å². The predicted octanol–water partition coefficient (Wildman–Crippen LogP) is 2.53. The third-order valence-corrected chi connectivity index (χ3v) is 3.39. The molecule has 4 nitrogen and oxygen atoms in total. The SMILES string of the molecule is N#Cc1ccnc(NCC2CCCCC2)c1N. The molecular weight excluding hydrogens is 212 g/mol. The van der Waals surface area contributed by atoms with E-state index in [-0.39, 0.29) is 0 Å². The van der Waals surface area contributed by atoms with Crippen LogP contribution in [0.15, 0.2) is 12.3 Å². The molecule has 0 unspecified atom stereocenters. The monoisotopic (exact) mass is 230 g/mol. The Morgan fingerprint density at radius 2 is 2.18 bits per heavy atom. The van der Waals surface area contributed by atoms with E-state index in [1.807, 2.05) is 0 Å². The van der Waals surface area contributed by atoms with E-state index in [2.05, 4.69) is 16.4 Å². The quantitative estimate of drug-likeness (QED) is 0.836. The second-order valence-electron chi connectivity index (χ2n) is 4.62. The highest BCUT2D eigenvalue weighted by molar-refractivity contribution is 5.68. The van der Waals surface area contributed by atoms with Crippen molar-refractivity contribution in [2.24, 2.45) is 5.92 Å². The van der Waals surface area contributed by atoms with Crippen molar-refractivity contribution < 1.29 is 0 Å². The third-order valence-electron chi connectivity index (χ3n) is 3.39. The smallest absolute Gasteiger partial charge is 0.150 e. The Labute approximate surface area is 102 Å². The number of rotatable bonds is 3. The summed E-state index contributed by atoms with van der Waals surface area (Å²) in [5.41, 5.74) is 6.82. The summed E-state index contributed by atoms with van der Waals surface area (Å²) in [6.45, 7) is 0.909. The number of nitriles is 1. The average molecular weight is 230 g/mol. The van der Waals surface area contributed by atoms with Gasteiger partial charge >= 0.3 is 0 Å². The summed E-state index contributed by atoms with van der Waals surface area (Å²) in [6, 6.07) is 3.71. The molecule has 0 radical (unpaired) electrons. The lowest BCUT2D eigenvalue weighted by atomic mass is 9.89. The zero-order valence-corrected chi connectivity index (χ0v) is 9.95. The molecule has 2 rings (SSSR count).